The average Bonchev–Trinajstić information content (AvgIpc) is 2.95. The maximum atomic E-state index is 12.9. The maximum absolute atomic E-state index is 12.9. The molecular formula is C24H24N2O5S. The molecule has 32 heavy (non-hydrogen) atoms. The smallest absolute Gasteiger partial charge is 0.265 e. The number of carbonyl (C=O) groups excluding carboxylic acids is 1. The van der Waals surface area contributed by atoms with E-state index in [1.165, 1.54) is 4.31 Å². The molecule has 1 N–H and O–H groups in total. The fourth-order valence-electron chi connectivity index (χ4n) is 3.47. The van der Waals surface area contributed by atoms with Crippen molar-refractivity contribution in [3.05, 3.63) is 78.4 Å². The lowest BCUT2D eigenvalue weighted by Crippen LogP contribution is -2.35. The van der Waals surface area contributed by atoms with E-state index in [-0.39, 0.29) is 18.9 Å². The number of rotatable bonds is 5. The van der Waals surface area contributed by atoms with Crippen molar-refractivity contribution in [2.75, 3.05) is 22.4 Å². The second-order valence-corrected chi connectivity index (χ2v) is 9.54. The van der Waals surface area contributed by atoms with Crippen LogP contribution in [0.4, 0.5) is 11.4 Å². The zero-order chi connectivity index (χ0) is 22.7. The van der Waals surface area contributed by atoms with Crippen LogP contribution in [0.3, 0.4) is 0 Å². The molecule has 0 radical (unpaired) electrons. The van der Waals surface area contributed by atoms with Gasteiger partial charge in [-0.2, -0.15) is 0 Å². The van der Waals surface area contributed by atoms with Gasteiger partial charge in [0.25, 0.3) is 5.91 Å². The Morgan fingerprint density at radius 3 is 2.41 bits per heavy atom. The number of nitrogens with one attached hydrogen (secondary N) is 1. The van der Waals surface area contributed by atoms with Crippen molar-refractivity contribution >= 4 is 27.3 Å². The van der Waals surface area contributed by atoms with Gasteiger partial charge in [0.1, 0.15) is 17.2 Å². The van der Waals surface area contributed by atoms with E-state index in [2.05, 4.69) is 5.32 Å². The molecule has 0 saturated carbocycles. The molecule has 0 aliphatic carbocycles. The molecule has 4 rings (SSSR count). The molecule has 0 bridgehead atoms. The molecule has 3 aromatic carbocycles. The highest BCUT2D eigenvalue weighted by molar-refractivity contribution is 7.92. The first-order chi connectivity index (χ1) is 15.3. The second kappa shape index (κ2) is 8.92. The number of anilines is 2. The highest BCUT2D eigenvalue weighted by Crippen LogP contribution is 2.35. The topological polar surface area (TPSA) is 84.9 Å². The lowest BCUT2D eigenvalue weighted by molar-refractivity contribution is -0.122. The van der Waals surface area contributed by atoms with Crippen molar-refractivity contribution in [3.63, 3.8) is 0 Å². The van der Waals surface area contributed by atoms with E-state index in [9.17, 15) is 13.2 Å². The molecule has 0 fully saturated rings. The first-order valence-corrected chi connectivity index (χ1v) is 12.0. The highest BCUT2D eigenvalue weighted by atomic mass is 32.2. The van der Waals surface area contributed by atoms with Crippen LogP contribution in [0.2, 0.25) is 0 Å². The fraction of sp³-hybridized carbons (Fsp3) is 0.208. The van der Waals surface area contributed by atoms with Gasteiger partial charge >= 0.3 is 0 Å². The molecule has 1 unspecified atom stereocenters. The first-order valence-electron chi connectivity index (χ1n) is 10.2. The number of nitrogens with zero attached hydrogens (tertiary/aromatic N) is 1. The minimum atomic E-state index is -3.51. The van der Waals surface area contributed by atoms with Crippen LogP contribution in [0.5, 0.6) is 17.2 Å². The molecule has 1 amide bonds. The number of benzene rings is 3. The maximum Gasteiger partial charge on any atom is 0.265 e. The summed E-state index contributed by atoms with van der Waals surface area (Å²) >= 11 is 0. The van der Waals surface area contributed by atoms with Crippen LogP contribution in [-0.4, -0.2) is 33.2 Å². The van der Waals surface area contributed by atoms with Crippen molar-refractivity contribution in [2.45, 2.75) is 19.4 Å². The molecule has 8 heteroatoms. The predicted octanol–water partition coefficient (Wildman–Crippen LogP) is 4.34. The molecule has 7 nitrogen and oxygen atoms in total. The normalized spacial score (nSPS) is 15.8. The van der Waals surface area contributed by atoms with Gasteiger partial charge in [0.05, 0.1) is 11.9 Å². The van der Waals surface area contributed by atoms with Crippen LogP contribution >= 0.6 is 0 Å². The minimum absolute atomic E-state index is 0.150. The van der Waals surface area contributed by atoms with Gasteiger partial charge in [0.15, 0.2) is 6.10 Å². The van der Waals surface area contributed by atoms with Crippen LogP contribution in [0, 0.1) is 6.92 Å². The van der Waals surface area contributed by atoms with Crippen LogP contribution in [-0.2, 0) is 14.8 Å². The van der Waals surface area contributed by atoms with E-state index in [1.807, 2.05) is 43.3 Å². The molecule has 0 aromatic heterocycles. The lowest BCUT2D eigenvalue weighted by atomic mass is 10.2. The van der Waals surface area contributed by atoms with E-state index in [1.54, 1.807) is 36.4 Å². The Morgan fingerprint density at radius 2 is 1.72 bits per heavy atom. The first kappa shape index (κ1) is 21.7. The summed E-state index contributed by atoms with van der Waals surface area (Å²) in [7, 11) is -3.51. The van der Waals surface area contributed by atoms with Crippen molar-refractivity contribution in [3.8, 4) is 17.2 Å². The summed E-state index contributed by atoms with van der Waals surface area (Å²) in [5, 5.41) is 2.84. The average molecular weight is 453 g/mol. The third kappa shape index (κ3) is 5.03. The third-order valence-electron chi connectivity index (χ3n) is 5.04. The van der Waals surface area contributed by atoms with Crippen LogP contribution < -0.4 is 19.1 Å². The molecule has 1 heterocycles. The third-order valence-corrected chi connectivity index (χ3v) is 6.22. The number of hydrogen-bond donors (Lipinski definition) is 1. The zero-order valence-corrected chi connectivity index (χ0v) is 18.6. The second-order valence-electron chi connectivity index (χ2n) is 7.63. The van der Waals surface area contributed by atoms with Gasteiger partial charge in [0, 0.05) is 18.7 Å². The van der Waals surface area contributed by atoms with E-state index < -0.39 is 16.1 Å². The summed E-state index contributed by atoms with van der Waals surface area (Å²) in [6, 6.07) is 21.7. The predicted molar refractivity (Wildman–Crippen MR) is 124 cm³/mol. The quantitative estimate of drug-likeness (QED) is 0.622. The monoisotopic (exact) mass is 452 g/mol. The SMILES string of the molecule is Cc1ccc2c(c1)N(S(C)(=O)=O)CCC(C(=O)Nc1ccc(Oc3ccccc3)cc1)O2. The molecule has 1 aliphatic rings. The van der Waals surface area contributed by atoms with Crippen LogP contribution in [0.15, 0.2) is 72.8 Å². The Balaban J connectivity index is 1.47. The molecule has 3 aromatic rings. The summed E-state index contributed by atoms with van der Waals surface area (Å²) < 4.78 is 37.6. The number of hydrogen-bond acceptors (Lipinski definition) is 5. The fourth-order valence-corrected chi connectivity index (χ4v) is 4.41. The summed E-state index contributed by atoms with van der Waals surface area (Å²) in [6.45, 7) is 2.03. The van der Waals surface area contributed by atoms with Crippen molar-refractivity contribution in [1.82, 2.24) is 0 Å². The zero-order valence-electron chi connectivity index (χ0n) is 17.8. The highest BCUT2D eigenvalue weighted by Gasteiger charge is 2.31. The van der Waals surface area contributed by atoms with Crippen LogP contribution in [0.25, 0.3) is 0 Å². The Kier molecular flexibility index (Phi) is 6.05. The molecule has 1 atom stereocenters. The Morgan fingerprint density at radius 1 is 1.03 bits per heavy atom. The molecule has 0 spiro atoms. The van der Waals surface area contributed by atoms with Crippen molar-refractivity contribution in [2.24, 2.45) is 0 Å². The number of ether oxygens (including phenoxy) is 2. The summed E-state index contributed by atoms with van der Waals surface area (Å²) in [6.07, 6.45) is 0.545. The minimum Gasteiger partial charge on any atom is -0.478 e. The van der Waals surface area contributed by atoms with Gasteiger partial charge in [-0.05, 0) is 61.0 Å². The largest absolute Gasteiger partial charge is 0.478 e. The van der Waals surface area contributed by atoms with Gasteiger partial charge in [-0.1, -0.05) is 24.3 Å². The van der Waals surface area contributed by atoms with E-state index in [4.69, 9.17) is 9.47 Å². The standard InChI is InChI=1S/C24H24N2O5S/c1-17-8-13-22-21(16-17)26(32(2,28)29)15-14-23(31-22)24(27)25-18-9-11-20(12-10-18)30-19-6-4-3-5-7-19/h3-13,16,23H,14-15H2,1-2H3,(H,25,27). The van der Waals surface area contributed by atoms with Gasteiger partial charge in [-0.25, -0.2) is 8.42 Å². The molecule has 1 aliphatic heterocycles. The number of para-hydroxylation sites is 1. The summed E-state index contributed by atoms with van der Waals surface area (Å²) in [4.78, 5) is 12.9. The Hall–Kier alpha value is -3.52. The Bertz CT molecular complexity index is 1210. The van der Waals surface area contributed by atoms with Crippen molar-refractivity contribution < 1.29 is 22.7 Å². The number of amides is 1. The summed E-state index contributed by atoms with van der Waals surface area (Å²) in [5.74, 6) is 1.39. The van der Waals surface area contributed by atoms with Gasteiger partial charge in [0.2, 0.25) is 10.0 Å². The van der Waals surface area contributed by atoms with Gasteiger partial charge < -0.3 is 14.8 Å². The molecule has 166 valence electrons. The van der Waals surface area contributed by atoms with Gasteiger partial charge in [-0.3, -0.25) is 9.10 Å². The number of sulfonamides is 1. The van der Waals surface area contributed by atoms with E-state index in [0.29, 0.717) is 22.9 Å². The lowest BCUT2D eigenvalue weighted by Gasteiger charge is -2.21. The van der Waals surface area contributed by atoms with Crippen molar-refractivity contribution in [1.29, 1.82) is 0 Å². The van der Waals surface area contributed by atoms with Crippen LogP contribution in [0.1, 0.15) is 12.0 Å². The number of fused-ring (bicyclic) bond motifs is 1. The van der Waals surface area contributed by atoms with Gasteiger partial charge in [-0.15, -0.1) is 0 Å². The number of aryl methyl sites for hydroxylation is 1. The number of carbonyl (C=O) groups is 1. The Labute approximate surface area is 187 Å². The molecule has 0 saturated heterocycles. The van der Waals surface area contributed by atoms with E-state index in [0.717, 1.165) is 17.6 Å². The van der Waals surface area contributed by atoms with E-state index >= 15 is 0 Å². The summed E-state index contributed by atoms with van der Waals surface area (Å²) in [5.41, 5.74) is 1.94. The molecular weight excluding hydrogens is 428 g/mol.